The van der Waals surface area contributed by atoms with E-state index in [0.717, 1.165) is 5.56 Å². The van der Waals surface area contributed by atoms with Gasteiger partial charge < -0.3 is 25.4 Å². The van der Waals surface area contributed by atoms with Gasteiger partial charge in [0.05, 0.1) is 30.7 Å². The van der Waals surface area contributed by atoms with Gasteiger partial charge in [-0.3, -0.25) is 0 Å². The van der Waals surface area contributed by atoms with Crippen LogP contribution in [0, 0.1) is 22.7 Å². The second-order valence-electron chi connectivity index (χ2n) is 7.12. The normalized spacial score (nSPS) is 11.8. The maximum atomic E-state index is 12.4. The molecule has 0 saturated heterocycles. The summed E-state index contributed by atoms with van der Waals surface area (Å²) in [4.78, 5) is 24.5. The highest BCUT2D eigenvalue weighted by molar-refractivity contribution is 6.00. The second kappa shape index (κ2) is 12.6. The first-order valence-electron chi connectivity index (χ1n) is 10.6. The molecule has 0 aliphatic carbocycles. The summed E-state index contributed by atoms with van der Waals surface area (Å²) in [5.74, 6) is 0.395. The van der Waals surface area contributed by atoms with Gasteiger partial charge in [0.2, 0.25) is 0 Å². The molecule has 9 heteroatoms. The molecule has 0 aliphatic heterocycles. The Bertz CT molecular complexity index is 1060. The summed E-state index contributed by atoms with van der Waals surface area (Å²) < 4.78 is 10.7. The lowest BCUT2D eigenvalue weighted by Gasteiger charge is -2.18. The molecule has 0 spiro atoms. The highest BCUT2D eigenvalue weighted by Crippen LogP contribution is 2.23. The van der Waals surface area contributed by atoms with Crippen molar-refractivity contribution in [2.24, 2.45) is 0 Å². The number of carbonyl (C=O) groups excluding carboxylic acids is 2. The van der Waals surface area contributed by atoms with Crippen molar-refractivity contribution < 1.29 is 19.1 Å². The number of ether oxygens (including phenoxy) is 2. The topological polar surface area (TPSA) is 136 Å². The van der Waals surface area contributed by atoms with Crippen LogP contribution in [-0.2, 0) is 4.74 Å². The SMILES string of the molecule is CCOc1cc(NC(=O)Nc2cccc(C(C)NC(=O)OC(CC)CC#N)c2)ccc1C#N. The molecular formula is C24H27N5O4. The average Bonchev–Trinajstić information content (AvgIpc) is 2.79. The van der Waals surface area contributed by atoms with Gasteiger partial charge in [0.25, 0.3) is 0 Å². The van der Waals surface area contributed by atoms with E-state index in [-0.39, 0.29) is 12.5 Å². The smallest absolute Gasteiger partial charge is 0.407 e. The molecular weight excluding hydrogens is 422 g/mol. The Hall–Kier alpha value is -4.24. The zero-order valence-corrected chi connectivity index (χ0v) is 18.8. The fourth-order valence-corrected chi connectivity index (χ4v) is 2.96. The third kappa shape index (κ3) is 7.75. The Balaban J connectivity index is 1.99. The number of anilines is 2. The van der Waals surface area contributed by atoms with Crippen molar-refractivity contribution in [2.45, 2.75) is 45.8 Å². The van der Waals surface area contributed by atoms with Crippen molar-refractivity contribution in [3.05, 3.63) is 53.6 Å². The molecule has 2 atom stereocenters. The largest absolute Gasteiger partial charge is 0.492 e. The fraction of sp³-hybridized carbons (Fsp3) is 0.333. The number of benzene rings is 2. The molecule has 33 heavy (non-hydrogen) atoms. The van der Waals surface area contributed by atoms with Crippen LogP contribution in [0.3, 0.4) is 0 Å². The summed E-state index contributed by atoms with van der Waals surface area (Å²) in [6, 6.07) is 15.0. The van der Waals surface area contributed by atoms with Gasteiger partial charge in [-0.25, -0.2) is 9.59 Å². The molecule has 0 saturated carbocycles. The van der Waals surface area contributed by atoms with Crippen LogP contribution >= 0.6 is 0 Å². The fourth-order valence-electron chi connectivity index (χ4n) is 2.96. The van der Waals surface area contributed by atoms with Gasteiger partial charge in [0.1, 0.15) is 17.9 Å². The first-order valence-corrected chi connectivity index (χ1v) is 10.6. The summed E-state index contributed by atoms with van der Waals surface area (Å²) in [5.41, 5.74) is 2.15. The molecule has 9 nitrogen and oxygen atoms in total. The van der Waals surface area contributed by atoms with Crippen LogP contribution in [-0.4, -0.2) is 24.8 Å². The second-order valence-corrected chi connectivity index (χ2v) is 7.12. The van der Waals surface area contributed by atoms with E-state index >= 15 is 0 Å². The van der Waals surface area contributed by atoms with E-state index in [2.05, 4.69) is 16.0 Å². The Morgan fingerprint density at radius 3 is 2.42 bits per heavy atom. The quantitative estimate of drug-likeness (QED) is 0.488. The first-order chi connectivity index (χ1) is 15.9. The van der Waals surface area contributed by atoms with Gasteiger partial charge in [0.15, 0.2) is 0 Å². The minimum atomic E-state index is -0.605. The number of nitrogens with zero attached hydrogens (tertiary/aromatic N) is 2. The van der Waals surface area contributed by atoms with Gasteiger partial charge in [-0.2, -0.15) is 10.5 Å². The molecule has 3 amide bonds. The van der Waals surface area contributed by atoms with Crippen LogP contribution in [0.1, 0.15) is 50.8 Å². The van der Waals surface area contributed by atoms with E-state index in [9.17, 15) is 9.59 Å². The molecule has 2 unspecified atom stereocenters. The lowest BCUT2D eigenvalue weighted by Crippen LogP contribution is -2.31. The Morgan fingerprint density at radius 1 is 1.06 bits per heavy atom. The van der Waals surface area contributed by atoms with E-state index in [4.69, 9.17) is 20.0 Å². The molecule has 0 radical (unpaired) electrons. The predicted octanol–water partition coefficient (Wildman–Crippen LogP) is 5.08. The van der Waals surface area contributed by atoms with Crippen molar-refractivity contribution in [2.75, 3.05) is 17.2 Å². The van der Waals surface area contributed by atoms with Gasteiger partial charge in [-0.1, -0.05) is 19.1 Å². The molecule has 2 aromatic rings. The van der Waals surface area contributed by atoms with Gasteiger partial charge in [-0.05, 0) is 50.1 Å². The Morgan fingerprint density at radius 2 is 1.79 bits per heavy atom. The van der Waals surface area contributed by atoms with Crippen LogP contribution in [0.2, 0.25) is 0 Å². The van der Waals surface area contributed by atoms with Gasteiger partial charge >= 0.3 is 12.1 Å². The van der Waals surface area contributed by atoms with Crippen LogP contribution in [0.25, 0.3) is 0 Å². The maximum absolute atomic E-state index is 12.4. The Kier molecular flexibility index (Phi) is 9.54. The van der Waals surface area contributed by atoms with Gasteiger partial charge in [0, 0.05) is 17.4 Å². The minimum Gasteiger partial charge on any atom is -0.492 e. The molecule has 2 aromatic carbocycles. The molecule has 0 bridgehead atoms. The van der Waals surface area contributed by atoms with Crippen molar-refractivity contribution >= 4 is 23.5 Å². The lowest BCUT2D eigenvalue weighted by atomic mass is 10.1. The summed E-state index contributed by atoms with van der Waals surface area (Å²) in [6.07, 6.45) is -0.371. The summed E-state index contributed by atoms with van der Waals surface area (Å²) >= 11 is 0. The number of nitriles is 2. The van der Waals surface area contributed by atoms with E-state index in [1.807, 2.05) is 32.1 Å². The number of amides is 3. The molecule has 2 rings (SSSR count). The lowest BCUT2D eigenvalue weighted by molar-refractivity contribution is 0.0950. The first kappa shape index (κ1) is 25.0. The molecule has 172 valence electrons. The zero-order chi connectivity index (χ0) is 24.2. The van der Waals surface area contributed by atoms with E-state index in [1.165, 1.54) is 0 Å². The number of alkyl carbamates (subject to hydrolysis) is 1. The summed E-state index contributed by atoms with van der Waals surface area (Å²) in [7, 11) is 0. The van der Waals surface area contributed by atoms with Crippen molar-refractivity contribution in [3.63, 3.8) is 0 Å². The van der Waals surface area contributed by atoms with Crippen LogP contribution in [0.5, 0.6) is 5.75 Å². The maximum Gasteiger partial charge on any atom is 0.407 e. The number of urea groups is 1. The van der Waals surface area contributed by atoms with Crippen molar-refractivity contribution in [1.29, 1.82) is 10.5 Å². The van der Waals surface area contributed by atoms with Crippen LogP contribution < -0.4 is 20.7 Å². The number of carbonyl (C=O) groups is 2. The molecule has 0 heterocycles. The summed E-state index contributed by atoms with van der Waals surface area (Å²) in [5, 5.41) is 26.1. The van der Waals surface area contributed by atoms with E-state index in [0.29, 0.717) is 35.7 Å². The Labute approximate surface area is 193 Å². The molecule has 0 aliphatic rings. The van der Waals surface area contributed by atoms with Gasteiger partial charge in [-0.15, -0.1) is 0 Å². The number of hydrogen-bond acceptors (Lipinski definition) is 6. The third-order valence-electron chi connectivity index (χ3n) is 4.69. The average molecular weight is 450 g/mol. The minimum absolute atomic E-state index is 0.137. The predicted molar refractivity (Wildman–Crippen MR) is 124 cm³/mol. The van der Waals surface area contributed by atoms with E-state index in [1.54, 1.807) is 43.3 Å². The van der Waals surface area contributed by atoms with Crippen molar-refractivity contribution in [3.8, 4) is 17.9 Å². The highest BCUT2D eigenvalue weighted by Gasteiger charge is 2.16. The van der Waals surface area contributed by atoms with Crippen molar-refractivity contribution in [1.82, 2.24) is 5.32 Å². The van der Waals surface area contributed by atoms with Crippen LogP contribution in [0.15, 0.2) is 42.5 Å². The monoisotopic (exact) mass is 449 g/mol. The zero-order valence-electron chi connectivity index (χ0n) is 18.8. The standard InChI is InChI=1S/C24H27N5O4/c1-4-21(11-12-25)33-24(31)27-16(3)17-7-6-8-19(13-17)28-23(30)29-20-10-9-18(15-26)22(14-20)32-5-2/h6-10,13-14,16,21H,4-5,11H2,1-3H3,(H,27,31)(H2,28,29,30). The molecule has 0 aromatic heterocycles. The van der Waals surface area contributed by atoms with Crippen LogP contribution in [0.4, 0.5) is 21.0 Å². The number of rotatable bonds is 9. The highest BCUT2D eigenvalue weighted by atomic mass is 16.6. The summed E-state index contributed by atoms with van der Waals surface area (Å²) in [6.45, 7) is 5.84. The number of hydrogen-bond donors (Lipinski definition) is 3. The molecule has 0 fully saturated rings. The van der Waals surface area contributed by atoms with E-state index < -0.39 is 18.2 Å². The molecule has 3 N–H and O–H groups in total. The number of nitrogens with one attached hydrogen (secondary N) is 3. The third-order valence-corrected chi connectivity index (χ3v) is 4.69.